The van der Waals surface area contributed by atoms with Crippen molar-refractivity contribution in [1.29, 1.82) is 0 Å². The van der Waals surface area contributed by atoms with Crippen molar-refractivity contribution in [3.05, 3.63) is 102 Å². The van der Waals surface area contributed by atoms with Crippen LogP contribution in [-0.2, 0) is 11.3 Å². The van der Waals surface area contributed by atoms with Gasteiger partial charge in [0.2, 0.25) is 5.91 Å². The molecule has 3 aromatic rings. The number of hydrogen-bond acceptors (Lipinski definition) is 2. The normalized spacial score (nSPS) is 19.1. The number of methoxy groups -OCH3 is 1. The molecule has 0 saturated carbocycles. The van der Waals surface area contributed by atoms with Gasteiger partial charge in [0.05, 0.1) is 19.1 Å². The van der Waals surface area contributed by atoms with Crippen LogP contribution in [-0.4, -0.2) is 17.9 Å². The zero-order chi connectivity index (χ0) is 17.9. The minimum absolute atomic E-state index is 0.0631. The van der Waals surface area contributed by atoms with Gasteiger partial charge in [0, 0.05) is 6.54 Å². The van der Waals surface area contributed by atoms with Crippen LogP contribution < -0.4 is 4.74 Å². The second kappa shape index (κ2) is 7.04. The molecule has 0 aliphatic carbocycles. The zero-order valence-electron chi connectivity index (χ0n) is 14.7. The predicted octanol–water partition coefficient (Wildman–Crippen LogP) is 4.56. The molecule has 1 fully saturated rings. The fourth-order valence-electron chi connectivity index (χ4n) is 3.66. The van der Waals surface area contributed by atoms with Crippen molar-refractivity contribution in [2.45, 2.75) is 18.5 Å². The summed E-state index contributed by atoms with van der Waals surface area (Å²) in [7, 11) is 1.66. The molecule has 2 atom stereocenters. The lowest BCUT2D eigenvalue weighted by molar-refractivity contribution is -0.151. The first-order chi connectivity index (χ1) is 12.8. The van der Waals surface area contributed by atoms with Gasteiger partial charge < -0.3 is 9.64 Å². The second-order valence-corrected chi connectivity index (χ2v) is 6.56. The van der Waals surface area contributed by atoms with Crippen molar-refractivity contribution in [3.63, 3.8) is 0 Å². The van der Waals surface area contributed by atoms with Gasteiger partial charge in [0.1, 0.15) is 5.75 Å². The molecule has 1 heterocycles. The highest BCUT2D eigenvalue weighted by Gasteiger charge is 2.48. The van der Waals surface area contributed by atoms with Crippen molar-refractivity contribution in [1.82, 2.24) is 4.90 Å². The fraction of sp³-hybridized carbons (Fsp3) is 0.174. The summed E-state index contributed by atoms with van der Waals surface area (Å²) < 4.78 is 5.22. The Bertz CT molecular complexity index is 875. The van der Waals surface area contributed by atoms with Crippen LogP contribution in [0.3, 0.4) is 0 Å². The third kappa shape index (κ3) is 2.97. The summed E-state index contributed by atoms with van der Waals surface area (Å²) in [4.78, 5) is 14.9. The molecule has 3 aromatic carbocycles. The van der Waals surface area contributed by atoms with Crippen LogP contribution in [0, 0.1) is 0 Å². The molecule has 0 N–H and O–H groups in total. The summed E-state index contributed by atoms with van der Waals surface area (Å²) in [6.45, 7) is 0.603. The maximum absolute atomic E-state index is 13.0. The molecule has 130 valence electrons. The summed E-state index contributed by atoms with van der Waals surface area (Å²) in [5, 5.41) is 0. The predicted molar refractivity (Wildman–Crippen MR) is 102 cm³/mol. The average molecular weight is 343 g/mol. The van der Waals surface area contributed by atoms with Crippen LogP contribution in [0.4, 0.5) is 0 Å². The Hall–Kier alpha value is -3.07. The first-order valence-electron chi connectivity index (χ1n) is 8.81. The van der Waals surface area contributed by atoms with Crippen LogP contribution in [0.2, 0.25) is 0 Å². The van der Waals surface area contributed by atoms with Gasteiger partial charge >= 0.3 is 0 Å². The summed E-state index contributed by atoms with van der Waals surface area (Å²) in [6.07, 6.45) is 0. The second-order valence-electron chi connectivity index (χ2n) is 6.56. The number of benzene rings is 3. The molecule has 0 bridgehead atoms. The van der Waals surface area contributed by atoms with E-state index in [1.54, 1.807) is 7.11 Å². The Morgan fingerprint density at radius 2 is 1.38 bits per heavy atom. The molecule has 0 spiro atoms. The minimum atomic E-state index is -0.114. The maximum Gasteiger partial charge on any atom is 0.233 e. The van der Waals surface area contributed by atoms with Crippen molar-refractivity contribution in [3.8, 4) is 5.75 Å². The number of ether oxygens (including phenoxy) is 1. The molecule has 3 heteroatoms. The largest absolute Gasteiger partial charge is 0.497 e. The number of hydrogen-bond donors (Lipinski definition) is 0. The lowest BCUT2D eigenvalue weighted by Gasteiger charge is -2.48. The highest BCUT2D eigenvalue weighted by atomic mass is 16.5. The average Bonchev–Trinajstić information content (AvgIpc) is 2.71. The van der Waals surface area contributed by atoms with E-state index in [9.17, 15) is 4.79 Å². The van der Waals surface area contributed by atoms with E-state index < -0.39 is 0 Å². The first-order valence-corrected chi connectivity index (χ1v) is 8.81. The molecule has 3 nitrogen and oxygen atoms in total. The van der Waals surface area contributed by atoms with E-state index in [0.29, 0.717) is 6.54 Å². The van der Waals surface area contributed by atoms with Crippen LogP contribution in [0.1, 0.15) is 28.7 Å². The monoisotopic (exact) mass is 343 g/mol. The summed E-state index contributed by atoms with van der Waals surface area (Å²) in [5.74, 6) is 0.892. The number of likely N-dealkylation sites (tertiary alicyclic amines) is 1. The first kappa shape index (κ1) is 16.4. The Balaban J connectivity index is 1.64. The van der Waals surface area contributed by atoms with Crippen molar-refractivity contribution in [2.75, 3.05) is 7.11 Å². The van der Waals surface area contributed by atoms with Crippen LogP contribution in [0.15, 0.2) is 84.9 Å². The molecule has 1 saturated heterocycles. The van der Waals surface area contributed by atoms with Gasteiger partial charge in [-0.15, -0.1) is 0 Å². The fourth-order valence-corrected chi connectivity index (χ4v) is 3.66. The zero-order valence-corrected chi connectivity index (χ0v) is 14.7. The van der Waals surface area contributed by atoms with Crippen LogP contribution in [0.5, 0.6) is 5.75 Å². The van der Waals surface area contributed by atoms with E-state index in [1.165, 1.54) is 5.56 Å². The van der Waals surface area contributed by atoms with Gasteiger partial charge in [-0.1, -0.05) is 72.8 Å². The van der Waals surface area contributed by atoms with Gasteiger partial charge in [-0.3, -0.25) is 4.79 Å². The number of rotatable bonds is 5. The number of carbonyl (C=O) groups excluding carboxylic acids is 1. The van der Waals surface area contributed by atoms with E-state index >= 15 is 0 Å². The molecular formula is C23H21NO2. The third-order valence-corrected chi connectivity index (χ3v) is 5.01. The summed E-state index contributed by atoms with van der Waals surface area (Å²) in [5.41, 5.74) is 3.36. The Morgan fingerprint density at radius 1 is 0.808 bits per heavy atom. The minimum Gasteiger partial charge on any atom is -0.497 e. The molecule has 4 rings (SSSR count). The molecule has 1 aliphatic rings. The van der Waals surface area contributed by atoms with E-state index in [1.807, 2.05) is 77.7 Å². The van der Waals surface area contributed by atoms with Crippen LogP contribution in [0.25, 0.3) is 0 Å². The molecular weight excluding hydrogens is 322 g/mol. The highest BCUT2D eigenvalue weighted by molar-refractivity contribution is 5.91. The van der Waals surface area contributed by atoms with Gasteiger partial charge in [-0.05, 0) is 28.8 Å². The van der Waals surface area contributed by atoms with Crippen molar-refractivity contribution in [2.24, 2.45) is 0 Å². The van der Waals surface area contributed by atoms with Crippen molar-refractivity contribution >= 4 is 5.91 Å². The quantitative estimate of drug-likeness (QED) is 0.636. The van der Waals surface area contributed by atoms with Crippen molar-refractivity contribution < 1.29 is 9.53 Å². The topological polar surface area (TPSA) is 29.5 Å². The standard InChI is InChI=1S/C23H21NO2/c1-26-20-14-12-17(13-15-20)16-24-22(19-10-6-3-7-11-19)21(23(24)25)18-8-4-2-5-9-18/h2-15,21-22H,16H2,1H3. The number of nitrogens with zero attached hydrogens (tertiary/aromatic N) is 1. The lowest BCUT2D eigenvalue weighted by atomic mass is 9.77. The van der Waals surface area contributed by atoms with E-state index in [0.717, 1.165) is 16.9 Å². The lowest BCUT2D eigenvalue weighted by Crippen LogP contribution is -2.52. The Labute approximate surface area is 153 Å². The third-order valence-electron chi connectivity index (χ3n) is 5.01. The van der Waals surface area contributed by atoms with E-state index in [4.69, 9.17) is 4.74 Å². The maximum atomic E-state index is 13.0. The van der Waals surface area contributed by atoms with E-state index in [2.05, 4.69) is 12.1 Å². The van der Waals surface area contributed by atoms with Gasteiger partial charge in [0.15, 0.2) is 0 Å². The Morgan fingerprint density at radius 3 is 1.96 bits per heavy atom. The summed E-state index contributed by atoms with van der Waals surface area (Å²) in [6, 6.07) is 28.3. The van der Waals surface area contributed by atoms with Gasteiger partial charge in [0.25, 0.3) is 0 Å². The summed E-state index contributed by atoms with van der Waals surface area (Å²) >= 11 is 0. The molecule has 2 unspecified atom stereocenters. The molecule has 1 amide bonds. The van der Waals surface area contributed by atoms with Gasteiger partial charge in [-0.2, -0.15) is 0 Å². The molecule has 0 radical (unpaired) electrons. The number of carbonyl (C=O) groups is 1. The van der Waals surface area contributed by atoms with Gasteiger partial charge in [-0.25, -0.2) is 0 Å². The molecule has 26 heavy (non-hydrogen) atoms. The van der Waals surface area contributed by atoms with E-state index in [-0.39, 0.29) is 17.9 Å². The smallest absolute Gasteiger partial charge is 0.233 e. The molecule has 1 aliphatic heterocycles. The number of amides is 1. The SMILES string of the molecule is COc1ccc(CN2C(=O)C(c3ccccc3)C2c2ccccc2)cc1. The highest BCUT2D eigenvalue weighted by Crippen LogP contribution is 2.47. The Kier molecular flexibility index (Phi) is 4.44. The van der Waals surface area contributed by atoms with Crippen LogP contribution >= 0.6 is 0 Å². The number of β-lactam (4-membered cyclic amide) rings is 1. The molecule has 0 aromatic heterocycles.